The number of carbonyl (C=O) groups excluding carboxylic acids is 1. The molecule has 0 saturated heterocycles. The molecule has 2 aromatic carbocycles. The quantitative estimate of drug-likeness (QED) is 0.655. The van der Waals surface area contributed by atoms with Gasteiger partial charge in [-0.3, -0.25) is 10.2 Å². The number of halogens is 4. The van der Waals surface area contributed by atoms with Gasteiger partial charge < -0.3 is 10.6 Å². The zero-order valence-electron chi connectivity index (χ0n) is 13.6. The molecule has 8 heteroatoms. The van der Waals surface area contributed by atoms with Gasteiger partial charge in [0.25, 0.3) is 5.91 Å². The number of alkyl halides is 3. The van der Waals surface area contributed by atoms with Crippen LogP contribution in [0, 0.1) is 5.41 Å². The van der Waals surface area contributed by atoms with E-state index in [9.17, 15) is 18.0 Å². The first-order valence-corrected chi connectivity index (χ1v) is 7.81. The monoisotopic (exact) mass is 381 g/mol. The van der Waals surface area contributed by atoms with Gasteiger partial charge in [0.05, 0.1) is 10.7 Å². The highest BCUT2D eigenvalue weighted by Gasteiger charge is 2.33. The fraction of sp³-hybridized carbons (Fsp3) is 0.111. The van der Waals surface area contributed by atoms with Crippen LogP contribution in [-0.4, -0.2) is 24.8 Å². The van der Waals surface area contributed by atoms with E-state index in [-0.39, 0.29) is 11.6 Å². The largest absolute Gasteiger partial charge is 0.432 e. The van der Waals surface area contributed by atoms with Gasteiger partial charge in [-0.2, -0.15) is 13.2 Å². The molecule has 0 aliphatic carbocycles. The van der Waals surface area contributed by atoms with Crippen LogP contribution in [0.3, 0.4) is 0 Å². The molecule has 0 atom stereocenters. The summed E-state index contributed by atoms with van der Waals surface area (Å²) < 4.78 is 38.3. The maximum absolute atomic E-state index is 12.8. The second kappa shape index (κ2) is 8.05. The molecular formula is C18H15ClF3N3O. The molecule has 0 aliphatic heterocycles. The van der Waals surface area contributed by atoms with Crippen LogP contribution in [0.5, 0.6) is 0 Å². The van der Waals surface area contributed by atoms with Crippen molar-refractivity contribution in [1.82, 2.24) is 5.32 Å². The summed E-state index contributed by atoms with van der Waals surface area (Å²) in [5.74, 6) is -0.316. The molecule has 0 bridgehead atoms. The summed E-state index contributed by atoms with van der Waals surface area (Å²) in [6.45, 7) is 0. The first-order valence-electron chi connectivity index (χ1n) is 7.44. The van der Waals surface area contributed by atoms with E-state index < -0.39 is 11.9 Å². The number of amides is 1. The Morgan fingerprint density at radius 3 is 2.19 bits per heavy atom. The molecule has 2 aromatic rings. The van der Waals surface area contributed by atoms with E-state index in [1.165, 1.54) is 31.3 Å². The molecule has 0 saturated carbocycles. The molecule has 0 heterocycles. The predicted octanol–water partition coefficient (Wildman–Crippen LogP) is 4.73. The predicted molar refractivity (Wildman–Crippen MR) is 96.7 cm³/mol. The van der Waals surface area contributed by atoms with Crippen molar-refractivity contribution in [3.63, 3.8) is 0 Å². The molecule has 136 valence electrons. The molecule has 0 unspecified atom stereocenters. The summed E-state index contributed by atoms with van der Waals surface area (Å²) in [6.07, 6.45) is -4.10. The van der Waals surface area contributed by atoms with Crippen molar-refractivity contribution >= 4 is 34.6 Å². The zero-order chi connectivity index (χ0) is 19.3. The van der Waals surface area contributed by atoms with Crippen LogP contribution in [0.25, 0.3) is 5.70 Å². The zero-order valence-corrected chi connectivity index (χ0v) is 14.4. The molecule has 0 radical (unpaired) electrons. The number of para-hydroxylation sites is 1. The summed E-state index contributed by atoms with van der Waals surface area (Å²) in [5.41, 5.74) is -0.358. The van der Waals surface area contributed by atoms with Crippen molar-refractivity contribution in [1.29, 1.82) is 5.41 Å². The Morgan fingerprint density at radius 2 is 1.65 bits per heavy atom. The number of hydrogen-bond donors (Lipinski definition) is 3. The van der Waals surface area contributed by atoms with Crippen LogP contribution in [0.1, 0.15) is 15.9 Å². The van der Waals surface area contributed by atoms with Crippen molar-refractivity contribution < 1.29 is 18.0 Å². The number of carbonyl (C=O) groups is 1. The second-order valence-corrected chi connectivity index (χ2v) is 5.64. The third kappa shape index (κ3) is 4.86. The van der Waals surface area contributed by atoms with Crippen molar-refractivity contribution in [3.8, 4) is 0 Å². The molecule has 26 heavy (non-hydrogen) atoms. The van der Waals surface area contributed by atoms with Gasteiger partial charge in [0.1, 0.15) is 5.71 Å². The van der Waals surface area contributed by atoms with Gasteiger partial charge in [-0.05, 0) is 35.9 Å². The molecule has 0 fully saturated rings. The highest BCUT2D eigenvalue weighted by Crippen LogP contribution is 2.27. The number of hydrogen-bond acceptors (Lipinski definition) is 3. The first-order chi connectivity index (χ1) is 12.2. The van der Waals surface area contributed by atoms with Crippen LogP contribution in [0.4, 0.5) is 18.9 Å². The summed E-state index contributed by atoms with van der Waals surface area (Å²) in [4.78, 5) is 11.6. The summed E-state index contributed by atoms with van der Waals surface area (Å²) in [7, 11) is 1.48. The van der Waals surface area contributed by atoms with Crippen LogP contribution >= 0.6 is 11.6 Å². The smallest absolute Gasteiger partial charge is 0.355 e. The number of benzene rings is 2. The van der Waals surface area contributed by atoms with E-state index in [0.717, 1.165) is 0 Å². The van der Waals surface area contributed by atoms with E-state index in [0.29, 0.717) is 27.9 Å². The first kappa shape index (κ1) is 19.5. The normalized spacial score (nSPS) is 11.8. The van der Waals surface area contributed by atoms with Crippen LogP contribution < -0.4 is 10.6 Å². The topological polar surface area (TPSA) is 65.0 Å². The van der Waals surface area contributed by atoms with Crippen LogP contribution in [-0.2, 0) is 0 Å². The van der Waals surface area contributed by atoms with Crippen molar-refractivity contribution in [2.24, 2.45) is 0 Å². The van der Waals surface area contributed by atoms with E-state index in [1.807, 2.05) is 0 Å². The van der Waals surface area contributed by atoms with Crippen molar-refractivity contribution in [3.05, 3.63) is 70.8 Å². The van der Waals surface area contributed by atoms with Crippen molar-refractivity contribution in [2.75, 3.05) is 12.4 Å². The van der Waals surface area contributed by atoms with E-state index in [4.69, 9.17) is 17.0 Å². The van der Waals surface area contributed by atoms with Gasteiger partial charge >= 0.3 is 6.18 Å². The Balaban J connectivity index is 2.43. The number of allylic oxidation sites excluding steroid dienone is 1. The number of rotatable bonds is 5. The average molecular weight is 382 g/mol. The lowest BCUT2D eigenvalue weighted by molar-refractivity contribution is -0.0583. The fourth-order valence-electron chi connectivity index (χ4n) is 2.07. The van der Waals surface area contributed by atoms with E-state index >= 15 is 0 Å². The van der Waals surface area contributed by atoms with Gasteiger partial charge in [-0.25, -0.2) is 0 Å². The summed E-state index contributed by atoms with van der Waals surface area (Å²) in [6, 6.07) is 12.5. The van der Waals surface area contributed by atoms with E-state index in [1.54, 1.807) is 24.3 Å². The van der Waals surface area contributed by atoms with Gasteiger partial charge in [0, 0.05) is 18.3 Å². The molecule has 2 rings (SSSR count). The average Bonchev–Trinajstić information content (AvgIpc) is 2.61. The van der Waals surface area contributed by atoms with Crippen LogP contribution in [0.15, 0.2) is 54.6 Å². The van der Waals surface area contributed by atoms with Crippen molar-refractivity contribution in [2.45, 2.75) is 6.18 Å². The molecule has 1 amide bonds. The lowest BCUT2D eigenvalue weighted by atomic mass is 10.1. The molecule has 0 spiro atoms. The fourth-order valence-corrected chi connectivity index (χ4v) is 2.25. The summed E-state index contributed by atoms with van der Waals surface area (Å²) >= 11 is 6.05. The highest BCUT2D eigenvalue weighted by atomic mass is 35.5. The van der Waals surface area contributed by atoms with Crippen LogP contribution in [0.2, 0.25) is 5.02 Å². The van der Waals surface area contributed by atoms with Gasteiger partial charge in [0.15, 0.2) is 0 Å². The molecule has 4 nitrogen and oxygen atoms in total. The Morgan fingerprint density at radius 1 is 1.08 bits per heavy atom. The Bertz CT molecular complexity index is 846. The number of anilines is 1. The molecular weight excluding hydrogens is 367 g/mol. The standard InChI is InChI=1S/C18H15ClF3N3O/c1-24-17(26)12-8-6-11(7-9-12)15(10-16(23)18(20,21)22)25-14-5-3-2-4-13(14)19/h2-10,23,25H,1H3,(H,24,26)/b15-10-,23-16?. The van der Waals surface area contributed by atoms with E-state index in [2.05, 4.69) is 10.6 Å². The lowest BCUT2D eigenvalue weighted by Gasteiger charge is -2.14. The Kier molecular flexibility index (Phi) is 6.05. The minimum absolute atomic E-state index is 0.0314. The lowest BCUT2D eigenvalue weighted by Crippen LogP contribution is -2.20. The minimum Gasteiger partial charge on any atom is -0.355 e. The molecule has 0 aromatic heterocycles. The number of nitrogens with one attached hydrogen (secondary N) is 3. The third-order valence-corrected chi connectivity index (χ3v) is 3.75. The second-order valence-electron chi connectivity index (χ2n) is 5.23. The third-order valence-electron chi connectivity index (χ3n) is 3.42. The summed E-state index contributed by atoms with van der Waals surface area (Å²) in [5, 5.41) is 12.8. The maximum Gasteiger partial charge on any atom is 0.432 e. The maximum atomic E-state index is 12.8. The van der Waals surface area contributed by atoms with Gasteiger partial charge in [-0.1, -0.05) is 35.9 Å². The minimum atomic E-state index is -4.78. The molecule has 3 N–H and O–H groups in total. The van der Waals surface area contributed by atoms with Gasteiger partial charge in [0.2, 0.25) is 0 Å². The Hall–Kier alpha value is -2.80. The van der Waals surface area contributed by atoms with Gasteiger partial charge in [-0.15, -0.1) is 0 Å². The SMILES string of the molecule is CNC(=O)c1ccc(/C(=C/C(=N)C(F)(F)F)Nc2ccccc2Cl)cc1. The molecule has 0 aliphatic rings. The highest BCUT2D eigenvalue weighted by molar-refractivity contribution is 6.33. The Labute approximate surface area is 153 Å².